The number of rotatable bonds is 5. The lowest BCUT2D eigenvalue weighted by Crippen LogP contribution is -2.36. The molecule has 1 atom stereocenters. The highest BCUT2D eigenvalue weighted by Crippen LogP contribution is 2.21. The van der Waals surface area contributed by atoms with Gasteiger partial charge in [-0.15, -0.1) is 0 Å². The molecule has 0 fully saturated rings. The van der Waals surface area contributed by atoms with Gasteiger partial charge in [0.25, 0.3) is 0 Å². The second kappa shape index (κ2) is 5.94. The average Bonchev–Trinajstić information content (AvgIpc) is 2.28. The van der Waals surface area contributed by atoms with Gasteiger partial charge >= 0.3 is 0 Å². The first-order chi connectivity index (χ1) is 8.70. The molecule has 1 aromatic rings. The van der Waals surface area contributed by atoms with E-state index in [4.69, 9.17) is 5.73 Å². The zero-order valence-corrected chi connectivity index (χ0v) is 11.9. The van der Waals surface area contributed by atoms with Crippen molar-refractivity contribution in [1.29, 1.82) is 0 Å². The van der Waals surface area contributed by atoms with Gasteiger partial charge in [-0.1, -0.05) is 13.8 Å². The molecule has 0 aliphatic carbocycles. The largest absolute Gasteiger partial charge is 0.326 e. The quantitative estimate of drug-likeness (QED) is 0.868. The van der Waals surface area contributed by atoms with Gasteiger partial charge in [0.2, 0.25) is 10.0 Å². The maximum absolute atomic E-state index is 13.9. The molecule has 0 heterocycles. The fourth-order valence-electron chi connectivity index (χ4n) is 1.42. The van der Waals surface area contributed by atoms with Crippen LogP contribution in [0.5, 0.6) is 0 Å². The van der Waals surface area contributed by atoms with E-state index in [1.165, 1.54) is 0 Å². The number of hydrogen-bond acceptors (Lipinski definition) is 3. The Hall–Kier alpha value is -1.05. The fourth-order valence-corrected chi connectivity index (χ4v) is 2.91. The number of sulfonamides is 1. The standard InChI is InChI=1S/C12H18F2N2O2S/c1-7(2)8(3)16-19(17,18)11-5-4-10(13)9(6-15)12(11)14/h4-5,7-8,16H,6,15H2,1-3H3. The Bertz CT molecular complexity index is 559. The molecule has 0 aromatic heterocycles. The van der Waals surface area contributed by atoms with Crippen LogP contribution in [0.1, 0.15) is 26.3 Å². The van der Waals surface area contributed by atoms with Crippen molar-refractivity contribution in [2.24, 2.45) is 11.7 Å². The molecule has 0 bridgehead atoms. The van der Waals surface area contributed by atoms with Crippen molar-refractivity contribution < 1.29 is 17.2 Å². The summed E-state index contributed by atoms with van der Waals surface area (Å²) in [7, 11) is -4.03. The van der Waals surface area contributed by atoms with E-state index in [0.717, 1.165) is 12.1 Å². The van der Waals surface area contributed by atoms with Gasteiger partial charge in [0, 0.05) is 18.2 Å². The average molecular weight is 292 g/mol. The summed E-state index contributed by atoms with van der Waals surface area (Å²) >= 11 is 0. The summed E-state index contributed by atoms with van der Waals surface area (Å²) in [6.07, 6.45) is 0. The summed E-state index contributed by atoms with van der Waals surface area (Å²) in [5.41, 5.74) is 4.79. The van der Waals surface area contributed by atoms with E-state index in [1.54, 1.807) is 6.92 Å². The molecule has 0 amide bonds. The second-order valence-electron chi connectivity index (χ2n) is 4.70. The van der Waals surface area contributed by atoms with Crippen LogP contribution in [0.4, 0.5) is 8.78 Å². The summed E-state index contributed by atoms with van der Waals surface area (Å²) in [5, 5.41) is 0. The van der Waals surface area contributed by atoms with Crippen LogP contribution in [-0.2, 0) is 16.6 Å². The molecular weight excluding hydrogens is 274 g/mol. The topological polar surface area (TPSA) is 72.2 Å². The number of nitrogens with two attached hydrogens (primary N) is 1. The molecule has 1 unspecified atom stereocenters. The maximum atomic E-state index is 13.9. The lowest BCUT2D eigenvalue weighted by molar-refractivity contribution is 0.471. The highest BCUT2D eigenvalue weighted by Gasteiger charge is 2.25. The summed E-state index contributed by atoms with van der Waals surface area (Å²) in [4.78, 5) is -0.582. The van der Waals surface area contributed by atoms with Crippen molar-refractivity contribution in [2.75, 3.05) is 0 Å². The van der Waals surface area contributed by atoms with Crippen LogP contribution < -0.4 is 10.5 Å². The Kier molecular flexibility index (Phi) is 5.00. The van der Waals surface area contributed by atoms with Gasteiger partial charge in [-0.3, -0.25) is 0 Å². The molecule has 0 radical (unpaired) electrons. The first-order valence-electron chi connectivity index (χ1n) is 5.90. The van der Waals surface area contributed by atoms with Crippen molar-refractivity contribution in [3.05, 3.63) is 29.3 Å². The Labute approximate surface area is 112 Å². The molecule has 19 heavy (non-hydrogen) atoms. The first-order valence-corrected chi connectivity index (χ1v) is 7.38. The smallest absolute Gasteiger partial charge is 0.243 e. The van der Waals surface area contributed by atoms with Gasteiger partial charge in [-0.25, -0.2) is 21.9 Å². The molecular formula is C12H18F2N2O2S. The van der Waals surface area contributed by atoms with Gasteiger partial charge in [-0.05, 0) is 25.0 Å². The number of nitrogens with one attached hydrogen (secondary N) is 1. The van der Waals surface area contributed by atoms with Crippen LogP contribution in [0.2, 0.25) is 0 Å². The molecule has 0 aliphatic heterocycles. The van der Waals surface area contributed by atoms with Crippen LogP contribution in [0.25, 0.3) is 0 Å². The third-order valence-corrected chi connectivity index (χ3v) is 4.56. The van der Waals surface area contributed by atoms with E-state index >= 15 is 0 Å². The van der Waals surface area contributed by atoms with Gasteiger partial charge in [0.05, 0.1) is 0 Å². The predicted octanol–water partition coefficient (Wildman–Crippen LogP) is 1.75. The Balaban J connectivity index is 3.23. The van der Waals surface area contributed by atoms with Gasteiger partial charge in [0.1, 0.15) is 10.7 Å². The zero-order chi connectivity index (χ0) is 14.8. The van der Waals surface area contributed by atoms with Crippen molar-refractivity contribution in [1.82, 2.24) is 4.72 Å². The van der Waals surface area contributed by atoms with Crippen LogP contribution in [0.15, 0.2) is 17.0 Å². The molecule has 1 rings (SSSR count). The SMILES string of the molecule is CC(C)C(C)NS(=O)(=O)c1ccc(F)c(CN)c1F. The Morgan fingerprint density at radius 1 is 1.26 bits per heavy atom. The predicted molar refractivity (Wildman–Crippen MR) is 68.9 cm³/mol. The lowest BCUT2D eigenvalue weighted by Gasteiger charge is -2.18. The minimum absolute atomic E-state index is 0.0484. The zero-order valence-electron chi connectivity index (χ0n) is 11.1. The minimum atomic E-state index is -4.03. The Morgan fingerprint density at radius 3 is 2.32 bits per heavy atom. The van der Waals surface area contributed by atoms with Crippen molar-refractivity contribution in [3.63, 3.8) is 0 Å². The van der Waals surface area contributed by atoms with Crippen molar-refractivity contribution >= 4 is 10.0 Å². The van der Waals surface area contributed by atoms with Crippen molar-refractivity contribution in [3.8, 4) is 0 Å². The molecule has 0 spiro atoms. The van der Waals surface area contributed by atoms with Crippen LogP contribution in [0.3, 0.4) is 0 Å². The number of benzene rings is 1. The molecule has 7 heteroatoms. The Morgan fingerprint density at radius 2 is 1.84 bits per heavy atom. The molecule has 108 valence electrons. The summed E-state index contributed by atoms with van der Waals surface area (Å²) in [6.45, 7) is 4.94. The first kappa shape index (κ1) is 16.0. The third-order valence-electron chi connectivity index (χ3n) is 2.99. The maximum Gasteiger partial charge on any atom is 0.243 e. The lowest BCUT2D eigenvalue weighted by atomic mass is 10.1. The van der Waals surface area contributed by atoms with Crippen molar-refractivity contribution in [2.45, 2.75) is 38.3 Å². The highest BCUT2D eigenvalue weighted by molar-refractivity contribution is 7.89. The van der Waals surface area contributed by atoms with Crippen LogP contribution >= 0.6 is 0 Å². The molecule has 0 saturated heterocycles. The fraction of sp³-hybridized carbons (Fsp3) is 0.500. The minimum Gasteiger partial charge on any atom is -0.326 e. The van der Waals surface area contributed by atoms with Gasteiger partial charge < -0.3 is 5.73 Å². The molecule has 3 N–H and O–H groups in total. The molecule has 4 nitrogen and oxygen atoms in total. The van der Waals surface area contributed by atoms with E-state index in [1.807, 2.05) is 13.8 Å². The van der Waals surface area contributed by atoms with E-state index in [0.29, 0.717) is 0 Å². The summed E-state index contributed by atoms with van der Waals surface area (Å²) < 4.78 is 53.6. The summed E-state index contributed by atoms with van der Waals surface area (Å²) in [5.74, 6) is -1.94. The molecule has 0 aliphatic rings. The number of halogens is 2. The number of hydrogen-bond donors (Lipinski definition) is 2. The van der Waals surface area contributed by atoms with Crippen LogP contribution in [0, 0.1) is 17.6 Å². The van der Waals surface area contributed by atoms with Gasteiger partial charge in [-0.2, -0.15) is 0 Å². The normalized spacial score (nSPS) is 13.8. The van der Waals surface area contributed by atoms with E-state index in [2.05, 4.69) is 4.72 Å². The van der Waals surface area contributed by atoms with E-state index in [9.17, 15) is 17.2 Å². The highest BCUT2D eigenvalue weighted by atomic mass is 32.2. The van der Waals surface area contributed by atoms with E-state index < -0.39 is 38.7 Å². The van der Waals surface area contributed by atoms with Crippen LogP contribution in [-0.4, -0.2) is 14.5 Å². The summed E-state index contributed by atoms with van der Waals surface area (Å²) in [6, 6.07) is 1.44. The molecule has 0 saturated carbocycles. The molecule has 1 aromatic carbocycles. The third kappa shape index (κ3) is 3.49. The monoisotopic (exact) mass is 292 g/mol. The van der Waals surface area contributed by atoms with Gasteiger partial charge in [0.15, 0.2) is 5.82 Å². The second-order valence-corrected chi connectivity index (χ2v) is 6.38. The van der Waals surface area contributed by atoms with E-state index in [-0.39, 0.29) is 12.0 Å².